The quantitative estimate of drug-likeness (QED) is 0.641. The van der Waals surface area contributed by atoms with E-state index in [4.69, 9.17) is 0 Å². The molecule has 0 aliphatic heterocycles. The summed E-state index contributed by atoms with van der Waals surface area (Å²) in [4.78, 5) is 10.9. The largest absolute Gasteiger partial charge is 0.377 e. The van der Waals surface area contributed by atoms with Gasteiger partial charge in [0.05, 0.1) is 4.92 Å². The van der Waals surface area contributed by atoms with Crippen LogP contribution in [0.5, 0.6) is 0 Å². The maximum atomic E-state index is 11.1. The molecule has 0 atom stereocenters. The molecule has 1 spiro atoms. The summed E-state index contributed by atoms with van der Waals surface area (Å²) in [6, 6.07) is 5.70. The maximum absolute atomic E-state index is 11.1. The van der Waals surface area contributed by atoms with Gasteiger partial charge in [0.15, 0.2) is 0 Å². The van der Waals surface area contributed by atoms with Crippen LogP contribution in [0.1, 0.15) is 56.9 Å². The molecule has 4 nitrogen and oxygen atoms in total. The Labute approximate surface area is 126 Å². The minimum absolute atomic E-state index is 0.196. The highest BCUT2D eigenvalue weighted by Crippen LogP contribution is 2.49. The van der Waals surface area contributed by atoms with Crippen molar-refractivity contribution in [1.82, 2.24) is 0 Å². The summed E-state index contributed by atoms with van der Waals surface area (Å²) in [5.74, 6) is 0. The number of hydrogen-bond acceptors (Lipinski definition) is 3. The Kier molecular flexibility index (Phi) is 3.87. The Balaban J connectivity index is 1.68. The van der Waals surface area contributed by atoms with Crippen molar-refractivity contribution in [2.24, 2.45) is 5.41 Å². The smallest absolute Gasteiger partial charge is 0.292 e. The molecule has 0 aromatic heterocycles. The SMILES string of the molecule is Cc1ccc([N+](=O)[O-])c(NC2CCC3(CCCC3)CC2)c1. The fraction of sp³-hybridized carbons (Fsp3) is 0.647. The number of nitrogens with one attached hydrogen (secondary N) is 1. The minimum atomic E-state index is -0.289. The topological polar surface area (TPSA) is 55.2 Å². The molecule has 2 saturated carbocycles. The van der Waals surface area contributed by atoms with E-state index in [-0.39, 0.29) is 10.6 Å². The van der Waals surface area contributed by atoms with Crippen molar-refractivity contribution in [2.45, 2.75) is 64.3 Å². The van der Waals surface area contributed by atoms with Gasteiger partial charge in [0, 0.05) is 12.1 Å². The lowest BCUT2D eigenvalue weighted by Crippen LogP contribution is -2.31. The zero-order chi connectivity index (χ0) is 14.9. The summed E-state index contributed by atoms with van der Waals surface area (Å²) >= 11 is 0. The van der Waals surface area contributed by atoms with Gasteiger partial charge in [-0.25, -0.2) is 0 Å². The van der Waals surface area contributed by atoms with Crippen LogP contribution in [0, 0.1) is 22.5 Å². The van der Waals surface area contributed by atoms with E-state index >= 15 is 0 Å². The van der Waals surface area contributed by atoms with Crippen molar-refractivity contribution in [3.05, 3.63) is 33.9 Å². The second-order valence-corrected chi connectivity index (χ2v) is 6.90. The van der Waals surface area contributed by atoms with Crippen LogP contribution in [0.3, 0.4) is 0 Å². The molecule has 2 fully saturated rings. The van der Waals surface area contributed by atoms with Crippen LogP contribution in [0.2, 0.25) is 0 Å². The van der Waals surface area contributed by atoms with Crippen molar-refractivity contribution in [3.8, 4) is 0 Å². The molecule has 0 bridgehead atoms. The zero-order valence-electron chi connectivity index (χ0n) is 12.7. The van der Waals surface area contributed by atoms with Gasteiger partial charge in [0.25, 0.3) is 5.69 Å². The highest BCUT2D eigenvalue weighted by Gasteiger charge is 2.37. The Morgan fingerprint density at radius 1 is 1.19 bits per heavy atom. The average molecular weight is 288 g/mol. The standard InChI is InChI=1S/C17H24N2O2/c1-13-4-5-16(19(20)21)15(12-13)18-14-6-10-17(11-7-14)8-2-3-9-17/h4-5,12,14,18H,2-3,6-11H2,1H3. The predicted octanol–water partition coefficient (Wildman–Crippen LogP) is 4.82. The van der Waals surface area contributed by atoms with Gasteiger partial charge < -0.3 is 5.32 Å². The van der Waals surface area contributed by atoms with E-state index in [1.165, 1.54) is 38.5 Å². The van der Waals surface area contributed by atoms with Crippen molar-refractivity contribution in [3.63, 3.8) is 0 Å². The van der Waals surface area contributed by atoms with E-state index in [9.17, 15) is 10.1 Å². The van der Waals surface area contributed by atoms with E-state index in [0.29, 0.717) is 17.1 Å². The highest BCUT2D eigenvalue weighted by molar-refractivity contribution is 5.63. The first-order valence-corrected chi connectivity index (χ1v) is 8.10. The summed E-state index contributed by atoms with van der Waals surface area (Å²) in [6.45, 7) is 1.98. The Bertz CT molecular complexity index is 526. The first kappa shape index (κ1) is 14.4. The van der Waals surface area contributed by atoms with E-state index in [2.05, 4.69) is 5.32 Å². The molecular weight excluding hydrogens is 264 g/mol. The van der Waals surface area contributed by atoms with Crippen LogP contribution in [0.15, 0.2) is 18.2 Å². The monoisotopic (exact) mass is 288 g/mol. The predicted molar refractivity (Wildman–Crippen MR) is 84.6 cm³/mol. The molecule has 4 heteroatoms. The third-order valence-corrected chi connectivity index (χ3v) is 5.42. The van der Waals surface area contributed by atoms with Crippen LogP contribution in [-0.2, 0) is 0 Å². The van der Waals surface area contributed by atoms with Gasteiger partial charge >= 0.3 is 0 Å². The molecule has 3 rings (SSSR count). The van der Waals surface area contributed by atoms with E-state index in [1.807, 2.05) is 13.0 Å². The maximum Gasteiger partial charge on any atom is 0.292 e. The van der Waals surface area contributed by atoms with Gasteiger partial charge in [-0.3, -0.25) is 10.1 Å². The van der Waals surface area contributed by atoms with Gasteiger partial charge in [-0.05, 0) is 62.5 Å². The summed E-state index contributed by atoms with van der Waals surface area (Å²) < 4.78 is 0. The summed E-state index contributed by atoms with van der Waals surface area (Å²) in [5.41, 5.74) is 2.55. The number of rotatable bonds is 3. The van der Waals surface area contributed by atoms with Gasteiger partial charge in [0.2, 0.25) is 0 Å². The number of nitro benzene ring substituents is 1. The second kappa shape index (κ2) is 5.66. The van der Waals surface area contributed by atoms with E-state index < -0.39 is 0 Å². The number of hydrogen-bond donors (Lipinski definition) is 1. The zero-order valence-corrected chi connectivity index (χ0v) is 12.7. The number of anilines is 1. The van der Waals surface area contributed by atoms with Crippen LogP contribution in [-0.4, -0.2) is 11.0 Å². The van der Waals surface area contributed by atoms with Crippen molar-refractivity contribution >= 4 is 11.4 Å². The number of benzene rings is 1. The molecule has 21 heavy (non-hydrogen) atoms. The third-order valence-electron chi connectivity index (χ3n) is 5.42. The Morgan fingerprint density at radius 2 is 1.86 bits per heavy atom. The van der Waals surface area contributed by atoms with Crippen LogP contribution in [0.25, 0.3) is 0 Å². The molecule has 2 aliphatic carbocycles. The molecule has 1 aromatic carbocycles. The summed E-state index contributed by atoms with van der Waals surface area (Å²) in [7, 11) is 0. The van der Waals surface area contributed by atoms with E-state index in [0.717, 1.165) is 18.4 Å². The molecular formula is C17H24N2O2. The first-order valence-electron chi connectivity index (χ1n) is 8.10. The number of nitrogens with zero attached hydrogens (tertiary/aromatic N) is 1. The normalized spacial score (nSPS) is 21.6. The molecule has 1 N–H and O–H groups in total. The first-order chi connectivity index (χ1) is 10.1. The van der Waals surface area contributed by atoms with Crippen LogP contribution >= 0.6 is 0 Å². The molecule has 1 aromatic rings. The molecule has 0 unspecified atom stereocenters. The van der Waals surface area contributed by atoms with Crippen LogP contribution in [0.4, 0.5) is 11.4 Å². The van der Waals surface area contributed by atoms with Gasteiger partial charge in [0.1, 0.15) is 5.69 Å². The fourth-order valence-electron chi connectivity index (χ4n) is 4.14. The van der Waals surface area contributed by atoms with Gasteiger partial charge in [-0.15, -0.1) is 0 Å². The summed E-state index contributed by atoms with van der Waals surface area (Å²) in [6.07, 6.45) is 10.4. The second-order valence-electron chi connectivity index (χ2n) is 6.90. The van der Waals surface area contributed by atoms with Crippen LogP contribution < -0.4 is 5.32 Å². The van der Waals surface area contributed by atoms with E-state index in [1.54, 1.807) is 12.1 Å². The molecule has 0 amide bonds. The molecule has 0 radical (unpaired) electrons. The lowest BCUT2D eigenvalue weighted by atomic mass is 9.71. The third kappa shape index (κ3) is 3.04. The minimum Gasteiger partial charge on any atom is -0.377 e. The molecule has 0 heterocycles. The Hall–Kier alpha value is -1.58. The number of nitro groups is 1. The molecule has 114 valence electrons. The highest BCUT2D eigenvalue weighted by atomic mass is 16.6. The average Bonchev–Trinajstić information content (AvgIpc) is 2.90. The molecule has 0 saturated heterocycles. The van der Waals surface area contributed by atoms with Gasteiger partial charge in [-0.2, -0.15) is 0 Å². The fourth-order valence-corrected chi connectivity index (χ4v) is 4.14. The molecule has 2 aliphatic rings. The summed E-state index contributed by atoms with van der Waals surface area (Å²) in [5, 5.41) is 14.6. The Morgan fingerprint density at radius 3 is 2.48 bits per heavy atom. The van der Waals surface area contributed by atoms with Crippen molar-refractivity contribution in [1.29, 1.82) is 0 Å². The lowest BCUT2D eigenvalue weighted by molar-refractivity contribution is -0.384. The van der Waals surface area contributed by atoms with Crippen molar-refractivity contribution < 1.29 is 4.92 Å². The number of aryl methyl sites for hydroxylation is 1. The van der Waals surface area contributed by atoms with Crippen molar-refractivity contribution in [2.75, 3.05) is 5.32 Å². The lowest BCUT2D eigenvalue weighted by Gasteiger charge is -2.37. The van der Waals surface area contributed by atoms with Gasteiger partial charge in [-0.1, -0.05) is 18.9 Å².